The van der Waals surface area contributed by atoms with Gasteiger partial charge < -0.3 is 0 Å². The topological polar surface area (TPSA) is 12.0 Å². The van der Waals surface area contributed by atoms with E-state index >= 15 is 0 Å². The van der Waals surface area contributed by atoms with E-state index in [2.05, 4.69) is 18.0 Å². The van der Waals surface area contributed by atoms with Gasteiger partial charge in [-0.1, -0.05) is 0 Å². The van der Waals surface area contributed by atoms with Crippen molar-refractivity contribution in [2.45, 2.75) is 0 Å². The fourth-order valence-electron chi connectivity index (χ4n) is 0.329. The molecule has 0 aromatic carbocycles. The summed E-state index contributed by atoms with van der Waals surface area (Å²) in [5.74, 6) is 2.90. The van der Waals surface area contributed by atoms with Crippen molar-refractivity contribution in [1.29, 1.82) is 0 Å². The first-order chi connectivity index (χ1) is 2.77. The maximum absolute atomic E-state index is 3.30. The summed E-state index contributed by atoms with van der Waals surface area (Å²) in [4.78, 5) is 0. The predicted molar refractivity (Wildman–Crippen MR) is 32.3 cm³/mol. The van der Waals surface area contributed by atoms with Gasteiger partial charge in [-0.2, -0.15) is 10.2 Å². The lowest BCUT2D eigenvalue weighted by atomic mass is 11.0. The standard InChI is InChI=1S/C4H11NS/c1-5-6(2)3-4-6/h5H,3-4H2,1-2H3. The zero-order chi connectivity index (χ0) is 4.62. The molecule has 0 aromatic heterocycles. The lowest BCUT2D eigenvalue weighted by molar-refractivity contribution is 1.28. The van der Waals surface area contributed by atoms with E-state index in [0.717, 1.165) is 0 Å². The maximum atomic E-state index is 3.30. The third kappa shape index (κ3) is 0.684. The van der Waals surface area contributed by atoms with Crippen LogP contribution in [0, 0.1) is 0 Å². The van der Waals surface area contributed by atoms with Crippen LogP contribution in [0.15, 0.2) is 0 Å². The highest BCUT2D eigenvalue weighted by molar-refractivity contribution is 8.37. The van der Waals surface area contributed by atoms with E-state index in [1.807, 2.05) is 0 Å². The average molecular weight is 105 g/mol. The molecule has 0 amide bonds. The second kappa shape index (κ2) is 1.14. The Morgan fingerprint density at radius 1 is 1.50 bits per heavy atom. The molecule has 1 nitrogen and oxygen atoms in total. The molecule has 0 unspecified atom stereocenters. The molecule has 0 atom stereocenters. The lowest BCUT2D eigenvalue weighted by Crippen LogP contribution is -2.00. The highest BCUT2D eigenvalue weighted by Gasteiger charge is 2.28. The molecule has 0 aliphatic carbocycles. The van der Waals surface area contributed by atoms with Crippen molar-refractivity contribution >= 4 is 10.2 Å². The summed E-state index contributed by atoms with van der Waals surface area (Å²) >= 11 is 0. The first-order valence-electron chi connectivity index (χ1n) is 2.19. The number of nitrogens with one attached hydrogen (secondary N) is 1. The first kappa shape index (κ1) is 4.47. The van der Waals surface area contributed by atoms with Crippen LogP contribution in [0.5, 0.6) is 0 Å². The van der Waals surface area contributed by atoms with Crippen molar-refractivity contribution in [3.05, 3.63) is 0 Å². The van der Waals surface area contributed by atoms with Crippen LogP contribution < -0.4 is 4.72 Å². The minimum absolute atomic E-state index is 0.162. The van der Waals surface area contributed by atoms with Gasteiger partial charge in [-0.05, 0) is 24.8 Å². The Bertz CT molecular complexity index is 58.6. The molecule has 0 radical (unpaired) electrons. The summed E-state index contributed by atoms with van der Waals surface area (Å²) in [5, 5.41) is 0. The van der Waals surface area contributed by atoms with Crippen LogP contribution in [0.3, 0.4) is 0 Å². The van der Waals surface area contributed by atoms with E-state index in [-0.39, 0.29) is 10.2 Å². The monoisotopic (exact) mass is 105 g/mol. The van der Waals surface area contributed by atoms with Crippen LogP contribution >= 0.6 is 10.2 Å². The Labute approximate surface area is 40.6 Å². The summed E-state index contributed by atoms with van der Waals surface area (Å²) in [7, 11) is 1.90. The van der Waals surface area contributed by atoms with Gasteiger partial charge in [0.05, 0.1) is 0 Å². The summed E-state index contributed by atoms with van der Waals surface area (Å²) in [6, 6.07) is 0. The van der Waals surface area contributed by atoms with Gasteiger partial charge in [-0.3, -0.25) is 4.72 Å². The van der Waals surface area contributed by atoms with Gasteiger partial charge in [0.25, 0.3) is 0 Å². The third-order valence-electron chi connectivity index (χ3n) is 1.31. The van der Waals surface area contributed by atoms with Gasteiger partial charge in [0.2, 0.25) is 0 Å². The van der Waals surface area contributed by atoms with Crippen LogP contribution in [-0.4, -0.2) is 24.8 Å². The largest absolute Gasteiger partial charge is 0.284 e. The predicted octanol–water partition coefficient (Wildman–Crippen LogP) is 0.569. The minimum Gasteiger partial charge on any atom is -0.284 e. The van der Waals surface area contributed by atoms with Crippen LogP contribution in [-0.2, 0) is 0 Å². The normalized spacial score (nSPS) is 32.3. The molecule has 0 aromatic rings. The molecule has 1 aliphatic heterocycles. The summed E-state index contributed by atoms with van der Waals surface area (Å²) in [6.07, 6.45) is 2.33. The molecular weight excluding hydrogens is 94.1 g/mol. The number of rotatable bonds is 1. The number of hydrogen-bond donors (Lipinski definition) is 1. The molecule has 1 N–H and O–H groups in total. The van der Waals surface area contributed by atoms with Crippen LogP contribution in [0.4, 0.5) is 0 Å². The smallest absolute Gasteiger partial charge is 0.00245 e. The highest BCUT2D eigenvalue weighted by Crippen LogP contribution is 2.52. The zero-order valence-electron chi connectivity index (χ0n) is 4.32. The van der Waals surface area contributed by atoms with Crippen LogP contribution in [0.1, 0.15) is 0 Å². The Morgan fingerprint density at radius 3 is 2.00 bits per heavy atom. The summed E-state index contributed by atoms with van der Waals surface area (Å²) < 4.78 is 3.30. The molecule has 1 heterocycles. The lowest BCUT2D eigenvalue weighted by Gasteiger charge is -2.08. The molecule has 1 fully saturated rings. The van der Waals surface area contributed by atoms with Crippen molar-refractivity contribution in [3.63, 3.8) is 0 Å². The Kier molecular flexibility index (Phi) is 0.848. The molecule has 2 heteroatoms. The molecule has 1 rings (SSSR count). The van der Waals surface area contributed by atoms with Gasteiger partial charge in [0.15, 0.2) is 0 Å². The first-order valence-corrected chi connectivity index (χ1v) is 4.57. The minimum atomic E-state index is -0.162. The van der Waals surface area contributed by atoms with E-state index < -0.39 is 0 Å². The molecule has 1 saturated heterocycles. The summed E-state index contributed by atoms with van der Waals surface area (Å²) in [6.45, 7) is 0. The Hall–Kier alpha value is 0.310. The van der Waals surface area contributed by atoms with Crippen LogP contribution in [0.2, 0.25) is 0 Å². The van der Waals surface area contributed by atoms with Gasteiger partial charge in [-0.25, -0.2) is 0 Å². The van der Waals surface area contributed by atoms with E-state index in [9.17, 15) is 0 Å². The number of hydrogen-bond acceptors (Lipinski definition) is 1. The highest BCUT2D eigenvalue weighted by atomic mass is 32.3. The molecule has 1 aliphatic rings. The Morgan fingerprint density at radius 2 is 2.00 bits per heavy atom. The Balaban J connectivity index is 2.28. The van der Waals surface area contributed by atoms with Gasteiger partial charge in [-0.15, -0.1) is 0 Å². The van der Waals surface area contributed by atoms with Crippen molar-refractivity contribution in [2.75, 3.05) is 24.8 Å². The fraction of sp³-hybridized carbons (Fsp3) is 1.00. The third-order valence-corrected chi connectivity index (χ3v) is 3.93. The molecular formula is C4H11NS. The second-order valence-electron chi connectivity index (χ2n) is 1.89. The molecule has 0 spiro atoms. The van der Waals surface area contributed by atoms with Crippen LogP contribution in [0.25, 0.3) is 0 Å². The van der Waals surface area contributed by atoms with Gasteiger partial charge in [0, 0.05) is 0 Å². The van der Waals surface area contributed by atoms with E-state index in [1.165, 1.54) is 11.5 Å². The summed E-state index contributed by atoms with van der Waals surface area (Å²) in [5.41, 5.74) is 0. The van der Waals surface area contributed by atoms with Crippen molar-refractivity contribution in [1.82, 2.24) is 4.72 Å². The fourth-order valence-corrected chi connectivity index (χ4v) is 1.74. The van der Waals surface area contributed by atoms with Crippen molar-refractivity contribution in [2.24, 2.45) is 0 Å². The second-order valence-corrected chi connectivity index (χ2v) is 5.66. The molecule has 38 valence electrons. The molecule has 0 bridgehead atoms. The zero-order valence-corrected chi connectivity index (χ0v) is 5.14. The van der Waals surface area contributed by atoms with Gasteiger partial charge >= 0.3 is 0 Å². The SMILES string of the molecule is CNS1(C)CC1. The van der Waals surface area contributed by atoms with Gasteiger partial charge in [0.1, 0.15) is 0 Å². The average Bonchev–Trinajstić information content (AvgIpc) is 2.22. The van der Waals surface area contributed by atoms with E-state index in [4.69, 9.17) is 0 Å². The molecule has 0 saturated carbocycles. The quantitative estimate of drug-likeness (QED) is 0.481. The maximum Gasteiger partial charge on any atom is -0.00245 e. The van der Waals surface area contributed by atoms with Crippen molar-refractivity contribution < 1.29 is 0 Å². The van der Waals surface area contributed by atoms with Crippen molar-refractivity contribution in [3.8, 4) is 0 Å². The van der Waals surface area contributed by atoms with E-state index in [1.54, 1.807) is 0 Å². The molecule has 6 heavy (non-hydrogen) atoms. The van der Waals surface area contributed by atoms with E-state index in [0.29, 0.717) is 0 Å².